The zero-order valence-corrected chi connectivity index (χ0v) is 11.2. The van der Waals surface area contributed by atoms with E-state index in [1.165, 1.54) is 15.6 Å². The molecule has 0 saturated carbocycles. The quantitative estimate of drug-likeness (QED) is 0.794. The molecular weight excluding hydrogens is 282 g/mol. The third-order valence-corrected chi connectivity index (χ3v) is 4.14. The molecule has 0 bridgehead atoms. The Morgan fingerprint density at radius 3 is 3.06 bits per heavy atom. The monoisotopic (exact) mass is 295 g/mol. The number of aliphatic imine (C=N–C) groups is 1. The topological polar surface area (TPSA) is 50.8 Å². The van der Waals surface area contributed by atoms with Crippen molar-refractivity contribution in [1.82, 2.24) is 5.06 Å². The van der Waals surface area contributed by atoms with E-state index in [4.69, 9.17) is 10.6 Å². The van der Waals surface area contributed by atoms with Crippen LogP contribution in [0.5, 0.6) is 0 Å². The standard InChI is InChI=1S/C12H14BrN3O/c1-16-11(14)15-12(17-16)6-5-9-8(7-12)3-2-4-10(9)13/h2-4H,5-7H2,1H3,(H2,14,15). The molecule has 4 nitrogen and oxygen atoms in total. The molecule has 2 N–H and O–H groups in total. The fourth-order valence-electron chi connectivity index (χ4n) is 2.53. The first-order valence-corrected chi connectivity index (χ1v) is 6.43. The van der Waals surface area contributed by atoms with Crippen LogP contribution in [0.3, 0.4) is 0 Å². The number of nitrogens with two attached hydrogens (primary N) is 1. The fourth-order valence-corrected chi connectivity index (χ4v) is 3.14. The van der Waals surface area contributed by atoms with Crippen molar-refractivity contribution in [3.05, 3.63) is 33.8 Å². The van der Waals surface area contributed by atoms with Crippen LogP contribution in [-0.2, 0) is 17.7 Å². The molecule has 1 heterocycles. The van der Waals surface area contributed by atoms with Gasteiger partial charge in [-0.2, -0.15) is 0 Å². The highest BCUT2D eigenvalue weighted by molar-refractivity contribution is 9.10. The summed E-state index contributed by atoms with van der Waals surface area (Å²) in [4.78, 5) is 10.3. The van der Waals surface area contributed by atoms with E-state index in [-0.39, 0.29) is 0 Å². The van der Waals surface area contributed by atoms with Gasteiger partial charge in [0.25, 0.3) is 0 Å². The Labute approximate surface area is 109 Å². The van der Waals surface area contributed by atoms with E-state index in [0.29, 0.717) is 5.96 Å². The second-order valence-corrected chi connectivity index (χ2v) is 5.41. The molecule has 3 rings (SSSR count). The Bertz CT molecular complexity index is 503. The highest BCUT2D eigenvalue weighted by Gasteiger charge is 2.42. The van der Waals surface area contributed by atoms with Crippen molar-refractivity contribution in [3.8, 4) is 0 Å². The van der Waals surface area contributed by atoms with Gasteiger partial charge in [-0.15, -0.1) is 0 Å². The highest BCUT2D eigenvalue weighted by atomic mass is 79.9. The number of fused-ring (bicyclic) bond motifs is 1. The average molecular weight is 296 g/mol. The molecule has 0 saturated heterocycles. The number of benzene rings is 1. The van der Waals surface area contributed by atoms with Crippen molar-refractivity contribution in [2.24, 2.45) is 10.7 Å². The Balaban J connectivity index is 1.97. The summed E-state index contributed by atoms with van der Waals surface area (Å²) in [6, 6.07) is 6.26. The lowest BCUT2D eigenvalue weighted by Gasteiger charge is -2.31. The molecule has 17 heavy (non-hydrogen) atoms. The third-order valence-electron chi connectivity index (χ3n) is 3.40. The van der Waals surface area contributed by atoms with Gasteiger partial charge in [0.1, 0.15) is 0 Å². The van der Waals surface area contributed by atoms with E-state index in [9.17, 15) is 0 Å². The predicted molar refractivity (Wildman–Crippen MR) is 69.4 cm³/mol. The van der Waals surface area contributed by atoms with Crippen LogP contribution < -0.4 is 5.73 Å². The van der Waals surface area contributed by atoms with Crippen molar-refractivity contribution in [3.63, 3.8) is 0 Å². The summed E-state index contributed by atoms with van der Waals surface area (Å²) in [6.45, 7) is 0. The van der Waals surface area contributed by atoms with Crippen LogP contribution in [-0.4, -0.2) is 23.8 Å². The van der Waals surface area contributed by atoms with Crippen LogP contribution in [0, 0.1) is 0 Å². The summed E-state index contributed by atoms with van der Waals surface area (Å²) in [5.74, 6) is 0.462. The number of hydrogen-bond acceptors (Lipinski definition) is 4. The minimum absolute atomic E-state index is 0.462. The number of halogens is 1. The number of hydroxylamine groups is 2. The molecule has 0 fully saturated rings. The number of nitrogens with zero attached hydrogens (tertiary/aromatic N) is 2. The molecule has 1 unspecified atom stereocenters. The van der Waals surface area contributed by atoms with E-state index < -0.39 is 5.72 Å². The van der Waals surface area contributed by atoms with Gasteiger partial charge < -0.3 is 5.73 Å². The van der Waals surface area contributed by atoms with Crippen LogP contribution in [0.4, 0.5) is 0 Å². The SMILES string of the molecule is CN1OC2(CCc3c(Br)cccc3C2)N=C1N. The summed E-state index contributed by atoms with van der Waals surface area (Å²) in [5, 5.41) is 1.56. The Kier molecular flexibility index (Phi) is 2.41. The van der Waals surface area contributed by atoms with Crippen LogP contribution in [0.15, 0.2) is 27.7 Å². The first kappa shape index (κ1) is 11.0. The maximum Gasteiger partial charge on any atom is 0.218 e. The minimum Gasteiger partial charge on any atom is -0.368 e. The van der Waals surface area contributed by atoms with Gasteiger partial charge in [0.2, 0.25) is 5.96 Å². The van der Waals surface area contributed by atoms with Gasteiger partial charge in [0.15, 0.2) is 5.72 Å². The van der Waals surface area contributed by atoms with Gasteiger partial charge in [0, 0.05) is 24.4 Å². The lowest BCUT2D eigenvalue weighted by molar-refractivity contribution is -0.171. The zero-order valence-electron chi connectivity index (χ0n) is 9.61. The van der Waals surface area contributed by atoms with Gasteiger partial charge in [-0.25, -0.2) is 14.9 Å². The minimum atomic E-state index is -0.480. The molecule has 5 heteroatoms. The second-order valence-electron chi connectivity index (χ2n) is 4.56. The largest absolute Gasteiger partial charge is 0.368 e. The lowest BCUT2D eigenvalue weighted by atomic mass is 9.86. The maximum absolute atomic E-state index is 5.79. The summed E-state index contributed by atoms with van der Waals surface area (Å²) in [6.07, 6.45) is 2.61. The Hall–Kier alpha value is -1.07. The molecule has 1 spiro atoms. The molecule has 0 amide bonds. The van der Waals surface area contributed by atoms with E-state index in [1.807, 2.05) is 6.07 Å². The Morgan fingerprint density at radius 1 is 1.53 bits per heavy atom. The summed E-state index contributed by atoms with van der Waals surface area (Å²) >= 11 is 3.59. The molecule has 1 aromatic carbocycles. The van der Waals surface area contributed by atoms with Gasteiger partial charge in [0.05, 0.1) is 0 Å². The zero-order chi connectivity index (χ0) is 12.0. The van der Waals surface area contributed by atoms with Gasteiger partial charge in [-0.1, -0.05) is 28.1 Å². The third kappa shape index (κ3) is 1.73. The molecule has 0 aromatic heterocycles. The van der Waals surface area contributed by atoms with Gasteiger partial charge >= 0.3 is 0 Å². The normalized spacial score (nSPS) is 27.2. The van der Waals surface area contributed by atoms with Crippen molar-refractivity contribution in [1.29, 1.82) is 0 Å². The molecular formula is C12H14BrN3O. The van der Waals surface area contributed by atoms with Crippen LogP contribution >= 0.6 is 15.9 Å². The van der Waals surface area contributed by atoms with E-state index in [0.717, 1.165) is 19.3 Å². The first-order valence-electron chi connectivity index (χ1n) is 5.64. The summed E-state index contributed by atoms with van der Waals surface area (Å²) < 4.78 is 1.17. The van der Waals surface area contributed by atoms with Crippen LogP contribution in [0.1, 0.15) is 17.5 Å². The van der Waals surface area contributed by atoms with E-state index in [2.05, 4.69) is 33.1 Å². The van der Waals surface area contributed by atoms with E-state index in [1.54, 1.807) is 12.1 Å². The number of rotatable bonds is 0. The average Bonchev–Trinajstić information content (AvgIpc) is 2.54. The predicted octanol–water partition coefficient (Wildman–Crippen LogP) is 1.83. The van der Waals surface area contributed by atoms with E-state index >= 15 is 0 Å². The van der Waals surface area contributed by atoms with Crippen molar-refractivity contribution < 1.29 is 4.84 Å². The fraction of sp³-hybridized carbons (Fsp3) is 0.417. The van der Waals surface area contributed by atoms with Gasteiger partial charge in [-0.3, -0.25) is 0 Å². The van der Waals surface area contributed by atoms with Gasteiger partial charge in [-0.05, 0) is 23.6 Å². The molecule has 2 aliphatic rings. The molecule has 90 valence electrons. The van der Waals surface area contributed by atoms with Crippen LogP contribution in [0.2, 0.25) is 0 Å². The number of hydrogen-bond donors (Lipinski definition) is 1. The number of guanidine groups is 1. The maximum atomic E-state index is 5.79. The highest BCUT2D eigenvalue weighted by Crippen LogP contribution is 2.38. The lowest BCUT2D eigenvalue weighted by Crippen LogP contribution is -2.37. The van der Waals surface area contributed by atoms with Crippen molar-refractivity contribution in [2.45, 2.75) is 25.0 Å². The van der Waals surface area contributed by atoms with Crippen molar-refractivity contribution in [2.75, 3.05) is 7.05 Å². The summed E-state index contributed by atoms with van der Waals surface area (Å²) in [7, 11) is 1.80. The first-order chi connectivity index (χ1) is 8.10. The van der Waals surface area contributed by atoms with Crippen LogP contribution in [0.25, 0.3) is 0 Å². The molecule has 1 atom stereocenters. The molecule has 1 aromatic rings. The second kappa shape index (κ2) is 3.71. The summed E-state index contributed by atoms with van der Waals surface area (Å²) in [5.41, 5.74) is 7.95. The molecule has 1 aliphatic heterocycles. The molecule has 1 aliphatic carbocycles. The molecule has 0 radical (unpaired) electrons. The van der Waals surface area contributed by atoms with Crippen molar-refractivity contribution >= 4 is 21.9 Å². The Morgan fingerprint density at radius 2 is 2.35 bits per heavy atom. The smallest absolute Gasteiger partial charge is 0.218 e.